The molecule has 0 saturated carbocycles. The molecule has 0 amide bonds. The maximum absolute atomic E-state index is 5.44. The monoisotopic (exact) mass is 303 g/mol. The van der Waals surface area contributed by atoms with Crippen molar-refractivity contribution >= 4 is 40.9 Å². The minimum Gasteiger partial charge on any atom is -0.497 e. The Hall–Kier alpha value is -2.31. The molecule has 0 unspecified atom stereocenters. The van der Waals surface area contributed by atoms with Gasteiger partial charge in [0.15, 0.2) is 0 Å². The summed E-state index contributed by atoms with van der Waals surface area (Å²) in [5, 5.41) is 4.33. The number of ether oxygens (including phenoxy) is 1. The topological polar surface area (TPSA) is 12.5 Å². The second-order valence-electron chi connectivity index (χ2n) is 5.50. The van der Waals surface area contributed by atoms with Gasteiger partial charge in [0.25, 0.3) is 0 Å². The van der Waals surface area contributed by atoms with Gasteiger partial charge in [-0.2, -0.15) is 0 Å². The largest absolute Gasteiger partial charge is 0.497 e. The van der Waals surface area contributed by atoms with Crippen LogP contribution in [0, 0.1) is 0 Å². The maximum Gasteiger partial charge on any atom is 0.120 e. The molecule has 0 radical (unpaired) electrons. The average molecular weight is 303 g/mol. The van der Waals surface area contributed by atoms with Crippen LogP contribution in [0.5, 0.6) is 5.75 Å². The van der Waals surface area contributed by atoms with Gasteiger partial charge >= 0.3 is 0 Å². The van der Waals surface area contributed by atoms with Crippen LogP contribution < -0.4 is 25.6 Å². The molecule has 0 spiro atoms. The fourth-order valence-corrected chi connectivity index (χ4v) is 6.14. The van der Waals surface area contributed by atoms with Gasteiger partial charge in [0, 0.05) is 22.0 Å². The van der Waals surface area contributed by atoms with E-state index in [1.165, 1.54) is 33.0 Å². The number of methoxy groups -OCH3 is 1. The first-order valence-corrected chi connectivity index (χ1v) is 8.69. The molecular formula is C19H14NOP. The second kappa shape index (κ2) is 4.34. The van der Waals surface area contributed by atoms with E-state index in [4.69, 9.17) is 4.74 Å². The van der Waals surface area contributed by atoms with Gasteiger partial charge in [-0.1, -0.05) is 36.4 Å². The van der Waals surface area contributed by atoms with Crippen molar-refractivity contribution in [1.82, 2.24) is 0 Å². The molecule has 0 atom stereocenters. The Morgan fingerprint density at radius 2 is 1.32 bits per heavy atom. The fraction of sp³-hybridized carbons (Fsp3) is 0.0526. The van der Waals surface area contributed by atoms with Gasteiger partial charge in [-0.25, -0.2) is 0 Å². The summed E-state index contributed by atoms with van der Waals surface area (Å²) >= 11 is 0. The fourth-order valence-electron chi connectivity index (χ4n) is 3.46. The van der Waals surface area contributed by atoms with Crippen molar-refractivity contribution < 1.29 is 4.74 Å². The minimum atomic E-state index is -0.466. The number of para-hydroxylation sites is 2. The number of rotatable bonds is 1. The van der Waals surface area contributed by atoms with E-state index in [1.54, 1.807) is 7.11 Å². The molecule has 3 heteroatoms. The molecule has 0 aliphatic carbocycles. The first kappa shape index (κ1) is 12.3. The first-order valence-electron chi connectivity index (χ1n) is 7.35. The Bertz CT molecular complexity index is 858. The normalized spacial score (nSPS) is 14.3. The van der Waals surface area contributed by atoms with Gasteiger partial charge in [-0.3, -0.25) is 0 Å². The van der Waals surface area contributed by atoms with Crippen molar-refractivity contribution in [3.63, 3.8) is 0 Å². The van der Waals surface area contributed by atoms with Gasteiger partial charge in [0.05, 0.1) is 24.2 Å². The summed E-state index contributed by atoms with van der Waals surface area (Å²) in [6.07, 6.45) is 0. The Balaban J connectivity index is 1.87. The molecule has 3 aromatic rings. The third-order valence-corrected chi connectivity index (χ3v) is 6.97. The Labute approximate surface area is 130 Å². The molecule has 3 heterocycles. The van der Waals surface area contributed by atoms with Gasteiger partial charge in [0.1, 0.15) is 5.75 Å². The lowest BCUT2D eigenvalue weighted by molar-refractivity contribution is 0.415. The zero-order valence-electron chi connectivity index (χ0n) is 12.2. The molecule has 0 fully saturated rings. The van der Waals surface area contributed by atoms with Crippen molar-refractivity contribution in [2.24, 2.45) is 0 Å². The Morgan fingerprint density at radius 3 is 1.95 bits per heavy atom. The number of hydrogen-bond donors (Lipinski definition) is 0. The van der Waals surface area contributed by atoms with Crippen LogP contribution in [0.1, 0.15) is 0 Å². The standard InChI is InChI=1S/C19H14NOP/c1-21-13-10-11-19-16(12-13)20-14-6-2-4-8-17(14)22(19)18-9-5-3-7-15(18)20/h2-12H,1H3. The van der Waals surface area contributed by atoms with Crippen molar-refractivity contribution in [2.45, 2.75) is 0 Å². The molecule has 0 aromatic heterocycles. The lowest BCUT2D eigenvalue weighted by Gasteiger charge is -2.44. The zero-order valence-corrected chi connectivity index (χ0v) is 13.0. The second-order valence-corrected chi connectivity index (χ2v) is 7.62. The quantitative estimate of drug-likeness (QED) is 0.439. The van der Waals surface area contributed by atoms with E-state index in [1.807, 2.05) is 0 Å². The van der Waals surface area contributed by atoms with Gasteiger partial charge < -0.3 is 9.64 Å². The number of nitrogens with zero attached hydrogens (tertiary/aromatic N) is 1. The van der Waals surface area contributed by atoms with Crippen LogP contribution in [0.4, 0.5) is 17.1 Å². The smallest absolute Gasteiger partial charge is 0.120 e. The van der Waals surface area contributed by atoms with Crippen molar-refractivity contribution in [1.29, 1.82) is 0 Å². The molecule has 3 aliphatic heterocycles. The molecule has 106 valence electrons. The van der Waals surface area contributed by atoms with E-state index < -0.39 is 7.92 Å². The van der Waals surface area contributed by atoms with E-state index >= 15 is 0 Å². The van der Waals surface area contributed by atoms with E-state index in [0.717, 1.165) is 5.75 Å². The molecule has 2 bridgehead atoms. The predicted octanol–water partition coefficient (Wildman–Crippen LogP) is 3.55. The number of anilines is 3. The molecule has 6 rings (SSSR count). The van der Waals surface area contributed by atoms with Crippen molar-refractivity contribution in [2.75, 3.05) is 12.0 Å². The summed E-state index contributed by atoms with van der Waals surface area (Å²) in [6, 6.07) is 24.0. The highest BCUT2D eigenvalue weighted by molar-refractivity contribution is 7.81. The average Bonchev–Trinajstić information content (AvgIpc) is 2.60. The van der Waals surface area contributed by atoms with Crippen LogP contribution in [-0.2, 0) is 0 Å². The zero-order chi connectivity index (χ0) is 14.7. The SMILES string of the molecule is COc1ccc2c(c1)N1c3ccccc3P2c2ccccc21. The van der Waals surface area contributed by atoms with Crippen LogP contribution in [0.15, 0.2) is 66.7 Å². The number of benzene rings is 3. The first-order chi connectivity index (χ1) is 10.9. The molecule has 0 saturated heterocycles. The van der Waals surface area contributed by atoms with E-state index in [2.05, 4.69) is 71.6 Å². The molecule has 2 nitrogen and oxygen atoms in total. The highest BCUT2D eigenvalue weighted by atomic mass is 31.1. The van der Waals surface area contributed by atoms with Gasteiger partial charge in [0.2, 0.25) is 0 Å². The van der Waals surface area contributed by atoms with Crippen LogP contribution in [0.3, 0.4) is 0 Å². The lowest BCUT2D eigenvalue weighted by Crippen LogP contribution is -2.41. The third-order valence-electron chi connectivity index (χ3n) is 4.39. The highest BCUT2D eigenvalue weighted by Crippen LogP contribution is 2.55. The molecule has 0 N–H and O–H groups in total. The van der Waals surface area contributed by atoms with Crippen molar-refractivity contribution in [3.8, 4) is 5.75 Å². The van der Waals surface area contributed by atoms with Crippen LogP contribution in [0.25, 0.3) is 0 Å². The summed E-state index contributed by atoms with van der Waals surface area (Å²) in [4.78, 5) is 2.38. The third kappa shape index (κ3) is 1.43. The number of hydrogen-bond acceptors (Lipinski definition) is 2. The van der Waals surface area contributed by atoms with Crippen molar-refractivity contribution in [3.05, 3.63) is 66.7 Å². The van der Waals surface area contributed by atoms with Gasteiger partial charge in [-0.15, -0.1) is 0 Å². The van der Waals surface area contributed by atoms with E-state index in [0.29, 0.717) is 0 Å². The minimum absolute atomic E-state index is 0.466. The van der Waals surface area contributed by atoms with E-state index in [-0.39, 0.29) is 0 Å². The lowest BCUT2D eigenvalue weighted by atomic mass is 10.1. The molecular weight excluding hydrogens is 289 g/mol. The molecule has 3 aliphatic rings. The molecule has 22 heavy (non-hydrogen) atoms. The van der Waals surface area contributed by atoms with E-state index in [9.17, 15) is 0 Å². The summed E-state index contributed by atoms with van der Waals surface area (Å²) in [5.41, 5.74) is 3.89. The summed E-state index contributed by atoms with van der Waals surface area (Å²) in [5.74, 6) is 0.914. The predicted molar refractivity (Wildman–Crippen MR) is 93.5 cm³/mol. The highest BCUT2D eigenvalue weighted by Gasteiger charge is 2.39. The maximum atomic E-state index is 5.44. The Kier molecular flexibility index (Phi) is 2.42. The Morgan fingerprint density at radius 1 is 0.727 bits per heavy atom. The summed E-state index contributed by atoms with van der Waals surface area (Å²) in [6.45, 7) is 0. The van der Waals surface area contributed by atoms with Crippen LogP contribution >= 0.6 is 7.92 Å². The summed E-state index contributed by atoms with van der Waals surface area (Å²) in [7, 11) is 1.26. The van der Waals surface area contributed by atoms with Crippen LogP contribution in [-0.4, -0.2) is 7.11 Å². The van der Waals surface area contributed by atoms with Crippen LogP contribution in [0.2, 0.25) is 0 Å². The summed E-state index contributed by atoms with van der Waals surface area (Å²) < 4.78 is 5.44. The van der Waals surface area contributed by atoms with Gasteiger partial charge in [-0.05, 0) is 32.2 Å². The molecule has 3 aromatic carbocycles.